The van der Waals surface area contributed by atoms with Crippen molar-refractivity contribution in [1.29, 1.82) is 0 Å². The van der Waals surface area contributed by atoms with Crippen LogP contribution in [0.3, 0.4) is 0 Å². The molecule has 0 bridgehead atoms. The first-order valence-electron chi connectivity index (χ1n) is 5.08. The number of alkyl halides is 3. The molecule has 1 heterocycles. The molecule has 1 aromatic heterocycles. The molecular weight excluding hydrogens is 267 g/mol. The third kappa shape index (κ3) is 2.83. The Bertz CT molecular complexity index is 506. The van der Waals surface area contributed by atoms with Gasteiger partial charge in [-0.3, -0.25) is 4.79 Å². The highest BCUT2D eigenvalue weighted by Gasteiger charge is 2.39. The highest BCUT2D eigenvalue weighted by atomic mass is 19.4. The van der Waals surface area contributed by atoms with E-state index in [1.54, 1.807) is 0 Å². The molecule has 2 N–H and O–H groups in total. The summed E-state index contributed by atoms with van der Waals surface area (Å²) in [6.45, 7) is 2.73. The molecule has 106 valence electrons. The molecule has 10 heteroatoms. The Kier molecular flexibility index (Phi) is 3.82. The minimum Gasteiger partial charge on any atom is -0.410 e. The SMILES string of the molecule is CNC(=O)/C(=N/O)C(C)(C)n1cnc(C(F)(F)F)n1. The lowest BCUT2D eigenvalue weighted by atomic mass is 9.98. The van der Waals surface area contributed by atoms with Crippen LogP contribution >= 0.6 is 0 Å². The van der Waals surface area contributed by atoms with E-state index in [4.69, 9.17) is 5.21 Å². The van der Waals surface area contributed by atoms with Gasteiger partial charge in [-0.2, -0.15) is 13.2 Å². The zero-order valence-electron chi connectivity index (χ0n) is 10.4. The van der Waals surface area contributed by atoms with Crippen molar-refractivity contribution < 1.29 is 23.2 Å². The summed E-state index contributed by atoms with van der Waals surface area (Å²) < 4.78 is 38.0. The highest BCUT2D eigenvalue weighted by molar-refractivity contribution is 6.41. The molecule has 0 saturated carbocycles. The Morgan fingerprint density at radius 3 is 2.42 bits per heavy atom. The maximum absolute atomic E-state index is 12.4. The largest absolute Gasteiger partial charge is 0.453 e. The van der Waals surface area contributed by atoms with Crippen LogP contribution in [0.5, 0.6) is 0 Å². The summed E-state index contributed by atoms with van der Waals surface area (Å²) >= 11 is 0. The number of hydrogen-bond donors (Lipinski definition) is 2. The lowest BCUT2D eigenvalue weighted by Gasteiger charge is -2.24. The Labute approximate surface area is 106 Å². The van der Waals surface area contributed by atoms with Crippen molar-refractivity contribution in [3.63, 3.8) is 0 Å². The lowest BCUT2D eigenvalue weighted by Crippen LogP contribution is -2.45. The lowest BCUT2D eigenvalue weighted by molar-refractivity contribution is -0.145. The van der Waals surface area contributed by atoms with Gasteiger partial charge in [0.2, 0.25) is 0 Å². The van der Waals surface area contributed by atoms with E-state index in [1.807, 2.05) is 0 Å². The van der Waals surface area contributed by atoms with Crippen LogP contribution in [0.2, 0.25) is 0 Å². The number of amides is 1. The summed E-state index contributed by atoms with van der Waals surface area (Å²) in [7, 11) is 1.30. The third-order valence-electron chi connectivity index (χ3n) is 2.44. The van der Waals surface area contributed by atoms with Crippen LogP contribution in [0.4, 0.5) is 13.2 Å². The van der Waals surface area contributed by atoms with Gasteiger partial charge in [0.1, 0.15) is 11.9 Å². The van der Waals surface area contributed by atoms with Gasteiger partial charge in [-0.15, -0.1) is 5.10 Å². The van der Waals surface area contributed by atoms with Crippen LogP contribution in [0.1, 0.15) is 19.7 Å². The van der Waals surface area contributed by atoms with Crippen LogP contribution in [0, 0.1) is 0 Å². The quantitative estimate of drug-likeness (QED) is 0.481. The molecule has 0 aliphatic rings. The number of carbonyl (C=O) groups excluding carboxylic acids is 1. The molecule has 1 amide bonds. The molecule has 19 heavy (non-hydrogen) atoms. The van der Waals surface area contributed by atoms with E-state index in [-0.39, 0.29) is 0 Å². The number of rotatable bonds is 3. The molecule has 0 spiro atoms. The molecule has 0 aromatic carbocycles. The van der Waals surface area contributed by atoms with Crippen LogP contribution in [-0.2, 0) is 16.5 Å². The number of aromatic nitrogens is 3. The minimum atomic E-state index is -4.69. The van der Waals surface area contributed by atoms with Gasteiger partial charge in [0.05, 0.1) is 0 Å². The highest BCUT2D eigenvalue weighted by Crippen LogP contribution is 2.27. The Morgan fingerprint density at radius 2 is 2.05 bits per heavy atom. The molecule has 7 nitrogen and oxygen atoms in total. The van der Waals surface area contributed by atoms with Crippen LogP contribution in [-0.4, -0.2) is 38.6 Å². The minimum absolute atomic E-state index is 0.395. The van der Waals surface area contributed by atoms with Crippen molar-refractivity contribution in [2.75, 3.05) is 7.05 Å². The fourth-order valence-corrected chi connectivity index (χ4v) is 1.33. The van der Waals surface area contributed by atoms with E-state index < -0.39 is 29.2 Å². The van der Waals surface area contributed by atoms with Crippen LogP contribution in [0.25, 0.3) is 0 Å². The van der Waals surface area contributed by atoms with E-state index in [0.717, 1.165) is 11.0 Å². The van der Waals surface area contributed by atoms with E-state index in [0.29, 0.717) is 0 Å². The van der Waals surface area contributed by atoms with Crippen LogP contribution in [0.15, 0.2) is 11.5 Å². The second kappa shape index (κ2) is 4.86. The molecule has 1 rings (SSSR count). The van der Waals surface area contributed by atoms with Crippen LogP contribution < -0.4 is 5.32 Å². The van der Waals surface area contributed by atoms with Crippen molar-refractivity contribution in [2.24, 2.45) is 5.16 Å². The first kappa shape index (κ1) is 14.9. The number of hydrogen-bond acceptors (Lipinski definition) is 5. The number of nitrogens with zero attached hydrogens (tertiary/aromatic N) is 4. The molecular formula is C9H12F3N5O2. The summed E-state index contributed by atoms with van der Waals surface area (Å²) in [6.07, 6.45) is -3.87. The molecule has 0 aliphatic carbocycles. The molecule has 0 atom stereocenters. The maximum atomic E-state index is 12.4. The van der Waals surface area contributed by atoms with Crippen molar-refractivity contribution in [2.45, 2.75) is 25.6 Å². The van der Waals surface area contributed by atoms with Gasteiger partial charge in [-0.25, -0.2) is 9.67 Å². The molecule has 0 aliphatic heterocycles. The fraction of sp³-hybridized carbons (Fsp3) is 0.556. The molecule has 0 unspecified atom stereocenters. The molecule has 0 saturated heterocycles. The predicted octanol–water partition coefficient (Wildman–Crippen LogP) is 0.608. The topological polar surface area (TPSA) is 92.4 Å². The second-order valence-electron chi connectivity index (χ2n) is 4.10. The van der Waals surface area contributed by atoms with Crippen molar-refractivity contribution in [1.82, 2.24) is 20.1 Å². The Morgan fingerprint density at radius 1 is 1.47 bits per heavy atom. The second-order valence-corrected chi connectivity index (χ2v) is 4.10. The van der Waals surface area contributed by atoms with E-state index in [9.17, 15) is 18.0 Å². The van der Waals surface area contributed by atoms with Crippen molar-refractivity contribution in [3.05, 3.63) is 12.2 Å². The predicted molar refractivity (Wildman–Crippen MR) is 57.6 cm³/mol. The van der Waals surface area contributed by atoms with Gasteiger partial charge in [-0.05, 0) is 13.8 Å². The summed E-state index contributed by atoms with van der Waals surface area (Å²) in [5.74, 6) is -2.08. The van der Waals surface area contributed by atoms with Crippen molar-refractivity contribution in [3.8, 4) is 0 Å². The van der Waals surface area contributed by atoms with Gasteiger partial charge in [0.25, 0.3) is 11.7 Å². The first-order valence-corrected chi connectivity index (χ1v) is 5.08. The zero-order valence-corrected chi connectivity index (χ0v) is 10.4. The number of oxime groups is 1. The summed E-state index contributed by atoms with van der Waals surface area (Å²) in [5, 5.41) is 17.1. The molecule has 1 aromatic rings. The van der Waals surface area contributed by atoms with Crippen molar-refractivity contribution >= 4 is 11.6 Å². The standard InChI is InChI=1S/C9H12F3N5O2/c1-8(2,5(16-19)6(18)13-3)17-4-14-7(15-17)9(10,11)12/h4,19H,1-3H3,(H,13,18)/b16-5-. The van der Waals surface area contributed by atoms with Gasteiger partial charge in [0.15, 0.2) is 5.71 Å². The van der Waals surface area contributed by atoms with Gasteiger partial charge < -0.3 is 10.5 Å². The van der Waals surface area contributed by atoms with E-state index in [1.165, 1.54) is 20.9 Å². The van der Waals surface area contributed by atoms with Gasteiger partial charge in [0, 0.05) is 7.05 Å². The Balaban J connectivity index is 3.20. The molecule has 0 radical (unpaired) electrons. The number of halogens is 3. The normalized spacial score (nSPS) is 13.5. The average Bonchev–Trinajstić information content (AvgIpc) is 2.78. The summed E-state index contributed by atoms with van der Waals surface area (Å²) in [4.78, 5) is 14.6. The Hall–Kier alpha value is -2.13. The fourth-order valence-electron chi connectivity index (χ4n) is 1.33. The van der Waals surface area contributed by atoms with Gasteiger partial charge >= 0.3 is 6.18 Å². The monoisotopic (exact) mass is 279 g/mol. The van der Waals surface area contributed by atoms with E-state index >= 15 is 0 Å². The summed E-state index contributed by atoms with van der Waals surface area (Å²) in [6, 6.07) is 0. The average molecular weight is 279 g/mol. The zero-order chi connectivity index (χ0) is 14.8. The number of nitrogens with one attached hydrogen (secondary N) is 1. The molecule has 0 fully saturated rings. The third-order valence-corrected chi connectivity index (χ3v) is 2.44. The van der Waals surface area contributed by atoms with Gasteiger partial charge in [-0.1, -0.05) is 5.16 Å². The smallest absolute Gasteiger partial charge is 0.410 e. The number of carbonyl (C=O) groups is 1. The first-order chi connectivity index (χ1) is 8.64. The van der Waals surface area contributed by atoms with E-state index in [2.05, 4.69) is 20.6 Å². The summed E-state index contributed by atoms with van der Waals surface area (Å²) in [5.41, 5.74) is -1.79. The maximum Gasteiger partial charge on any atom is 0.453 e.